The van der Waals surface area contributed by atoms with Crippen LogP contribution in [0.1, 0.15) is 27.9 Å². The first-order valence-corrected chi connectivity index (χ1v) is 7.83. The Morgan fingerprint density at radius 3 is 2.62 bits per heavy atom. The predicted octanol–water partition coefficient (Wildman–Crippen LogP) is 2.90. The molecule has 126 valence electrons. The largest absolute Gasteiger partial charge is 0.465 e. The van der Waals surface area contributed by atoms with Crippen molar-refractivity contribution < 1.29 is 14.3 Å². The summed E-state index contributed by atoms with van der Waals surface area (Å²) in [7, 11) is 1.33. The van der Waals surface area contributed by atoms with E-state index >= 15 is 0 Å². The molecule has 0 radical (unpaired) electrons. The molecule has 0 aliphatic rings. The van der Waals surface area contributed by atoms with Gasteiger partial charge in [-0.3, -0.25) is 4.79 Å². The van der Waals surface area contributed by atoms with Crippen molar-refractivity contribution in [2.24, 2.45) is 0 Å². The van der Waals surface area contributed by atoms with Crippen LogP contribution in [0, 0.1) is 6.92 Å². The minimum atomic E-state index is -0.425. The fraction of sp³-hybridized carbons (Fsp3) is 0.263. The van der Waals surface area contributed by atoms with E-state index in [-0.39, 0.29) is 5.91 Å². The van der Waals surface area contributed by atoms with Gasteiger partial charge in [0.1, 0.15) is 0 Å². The van der Waals surface area contributed by atoms with Crippen LogP contribution in [0.2, 0.25) is 0 Å². The number of hydrogen-bond donors (Lipinski definition) is 2. The van der Waals surface area contributed by atoms with Crippen molar-refractivity contribution in [3.63, 3.8) is 0 Å². The molecule has 0 saturated carbocycles. The topological polar surface area (TPSA) is 67.4 Å². The third-order valence-electron chi connectivity index (χ3n) is 3.67. The van der Waals surface area contributed by atoms with Crippen molar-refractivity contribution in [1.82, 2.24) is 5.32 Å². The Bertz CT molecular complexity index is 713. The van der Waals surface area contributed by atoms with E-state index in [0.29, 0.717) is 24.2 Å². The van der Waals surface area contributed by atoms with Gasteiger partial charge in [-0.15, -0.1) is 0 Å². The maximum Gasteiger partial charge on any atom is 0.337 e. The van der Waals surface area contributed by atoms with E-state index in [1.165, 1.54) is 18.2 Å². The summed E-state index contributed by atoms with van der Waals surface area (Å²) in [5.41, 5.74) is 3.45. The second kappa shape index (κ2) is 8.84. The van der Waals surface area contributed by atoms with Gasteiger partial charge in [0.25, 0.3) is 0 Å². The highest BCUT2D eigenvalue weighted by Crippen LogP contribution is 2.12. The number of ether oxygens (including phenoxy) is 1. The standard InChI is InChI=1S/C19H22N2O3/c1-14-6-3-4-7-16(14)13-20-11-10-18(22)21-17-9-5-8-15(12-17)19(23)24-2/h3-9,12,20H,10-11,13H2,1-2H3,(H,21,22). The van der Waals surface area contributed by atoms with Gasteiger partial charge < -0.3 is 15.4 Å². The Morgan fingerprint density at radius 1 is 1.08 bits per heavy atom. The van der Waals surface area contributed by atoms with Gasteiger partial charge in [-0.25, -0.2) is 4.79 Å². The van der Waals surface area contributed by atoms with Crippen molar-refractivity contribution in [1.29, 1.82) is 0 Å². The number of aryl methyl sites for hydroxylation is 1. The normalized spacial score (nSPS) is 10.2. The lowest BCUT2D eigenvalue weighted by molar-refractivity contribution is -0.116. The first kappa shape index (κ1) is 17.7. The molecule has 0 spiro atoms. The summed E-state index contributed by atoms with van der Waals surface area (Å²) in [5.74, 6) is -0.528. The summed E-state index contributed by atoms with van der Waals surface area (Å²) in [6.45, 7) is 3.38. The number of carbonyl (C=O) groups excluding carboxylic acids is 2. The van der Waals surface area contributed by atoms with Crippen LogP contribution in [-0.4, -0.2) is 25.5 Å². The molecular formula is C19H22N2O3. The van der Waals surface area contributed by atoms with Crippen LogP contribution in [0.3, 0.4) is 0 Å². The predicted molar refractivity (Wildman–Crippen MR) is 93.9 cm³/mol. The van der Waals surface area contributed by atoms with Gasteiger partial charge in [-0.2, -0.15) is 0 Å². The summed E-state index contributed by atoms with van der Waals surface area (Å²) in [6, 6.07) is 14.8. The highest BCUT2D eigenvalue weighted by atomic mass is 16.5. The van der Waals surface area contributed by atoms with E-state index < -0.39 is 5.97 Å². The van der Waals surface area contributed by atoms with E-state index in [1.807, 2.05) is 12.1 Å². The zero-order chi connectivity index (χ0) is 17.4. The fourth-order valence-electron chi connectivity index (χ4n) is 2.30. The minimum absolute atomic E-state index is 0.103. The first-order chi connectivity index (χ1) is 11.6. The lowest BCUT2D eigenvalue weighted by Crippen LogP contribution is -2.22. The molecule has 0 aromatic heterocycles. The highest BCUT2D eigenvalue weighted by molar-refractivity contribution is 5.94. The van der Waals surface area contributed by atoms with E-state index in [0.717, 1.165) is 6.54 Å². The van der Waals surface area contributed by atoms with E-state index in [9.17, 15) is 9.59 Å². The monoisotopic (exact) mass is 326 g/mol. The van der Waals surface area contributed by atoms with Crippen molar-refractivity contribution >= 4 is 17.6 Å². The summed E-state index contributed by atoms with van der Waals surface area (Å²) in [6.07, 6.45) is 0.355. The number of anilines is 1. The second-order valence-corrected chi connectivity index (χ2v) is 5.47. The Hall–Kier alpha value is -2.66. The van der Waals surface area contributed by atoms with Gasteiger partial charge in [-0.1, -0.05) is 30.3 Å². The smallest absolute Gasteiger partial charge is 0.337 e. The minimum Gasteiger partial charge on any atom is -0.465 e. The van der Waals surface area contributed by atoms with Crippen molar-refractivity contribution in [2.75, 3.05) is 19.0 Å². The molecule has 1 amide bonds. The molecule has 0 bridgehead atoms. The van der Waals surface area contributed by atoms with E-state index in [2.05, 4.69) is 34.4 Å². The third-order valence-corrected chi connectivity index (χ3v) is 3.67. The number of rotatable bonds is 7. The molecule has 0 aliphatic heterocycles. The molecule has 5 nitrogen and oxygen atoms in total. The van der Waals surface area contributed by atoms with Gasteiger partial charge in [0.2, 0.25) is 5.91 Å². The highest BCUT2D eigenvalue weighted by Gasteiger charge is 2.07. The van der Waals surface area contributed by atoms with Gasteiger partial charge in [0, 0.05) is 25.2 Å². The van der Waals surface area contributed by atoms with E-state index in [1.54, 1.807) is 24.3 Å². The lowest BCUT2D eigenvalue weighted by Gasteiger charge is -2.09. The van der Waals surface area contributed by atoms with Gasteiger partial charge in [0.15, 0.2) is 0 Å². The first-order valence-electron chi connectivity index (χ1n) is 7.83. The molecule has 24 heavy (non-hydrogen) atoms. The molecule has 0 aliphatic carbocycles. The Labute approximate surface area is 142 Å². The Kier molecular flexibility index (Phi) is 6.51. The molecule has 0 fully saturated rings. The number of methoxy groups -OCH3 is 1. The van der Waals surface area contributed by atoms with Crippen LogP contribution in [-0.2, 0) is 16.1 Å². The molecule has 2 aromatic carbocycles. The number of amides is 1. The number of carbonyl (C=O) groups is 2. The zero-order valence-electron chi connectivity index (χ0n) is 14.0. The van der Waals surface area contributed by atoms with Gasteiger partial charge in [0.05, 0.1) is 12.7 Å². The molecule has 0 atom stereocenters. The van der Waals surface area contributed by atoms with Crippen LogP contribution in [0.5, 0.6) is 0 Å². The maximum atomic E-state index is 12.0. The summed E-state index contributed by atoms with van der Waals surface area (Å²) >= 11 is 0. The van der Waals surface area contributed by atoms with Crippen LogP contribution in [0.4, 0.5) is 5.69 Å². The average Bonchev–Trinajstić information content (AvgIpc) is 2.59. The zero-order valence-corrected chi connectivity index (χ0v) is 14.0. The summed E-state index contributed by atoms with van der Waals surface area (Å²) < 4.78 is 4.67. The molecule has 5 heteroatoms. The molecule has 0 unspecified atom stereocenters. The summed E-state index contributed by atoms with van der Waals surface area (Å²) in [4.78, 5) is 23.5. The maximum absolute atomic E-state index is 12.0. The average molecular weight is 326 g/mol. The lowest BCUT2D eigenvalue weighted by atomic mass is 10.1. The van der Waals surface area contributed by atoms with E-state index in [4.69, 9.17) is 0 Å². The molecule has 0 saturated heterocycles. The SMILES string of the molecule is COC(=O)c1cccc(NC(=O)CCNCc2ccccc2C)c1. The fourth-order valence-corrected chi connectivity index (χ4v) is 2.30. The number of esters is 1. The van der Waals surface area contributed by atoms with Crippen molar-refractivity contribution in [3.05, 3.63) is 65.2 Å². The van der Waals surface area contributed by atoms with Crippen LogP contribution < -0.4 is 10.6 Å². The molecular weight excluding hydrogens is 304 g/mol. The van der Waals surface area contributed by atoms with Crippen LogP contribution >= 0.6 is 0 Å². The summed E-state index contributed by atoms with van der Waals surface area (Å²) in [5, 5.41) is 6.05. The quantitative estimate of drug-likeness (QED) is 0.606. The molecule has 2 N–H and O–H groups in total. The molecule has 2 aromatic rings. The number of nitrogens with one attached hydrogen (secondary N) is 2. The van der Waals surface area contributed by atoms with Gasteiger partial charge in [-0.05, 0) is 36.2 Å². The Balaban J connectivity index is 1.77. The number of benzene rings is 2. The molecule has 2 rings (SSSR count). The second-order valence-electron chi connectivity index (χ2n) is 5.47. The van der Waals surface area contributed by atoms with Crippen LogP contribution in [0.15, 0.2) is 48.5 Å². The van der Waals surface area contributed by atoms with Crippen molar-refractivity contribution in [2.45, 2.75) is 19.9 Å². The number of hydrogen-bond acceptors (Lipinski definition) is 4. The third kappa shape index (κ3) is 5.21. The molecule has 0 heterocycles. The van der Waals surface area contributed by atoms with Crippen molar-refractivity contribution in [3.8, 4) is 0 Å². The Morgan fingerprint density at radius 2 is 1.88 bits per heavy atom. The van der Waals surface area contributed by atoms with Gasteiger partial charge >= 0.3 is 5.97 Å². The van der Waals surface area contributed by atoms with Crippen LogP contribution in [0.25, 0.3) is 0 Å².